The van der Waals surface area contributed by atoms with E-state index in [0.29, 0.717) is 12.1 Å². The van der Waals surface area contributed by atoms with Crippen molar-refractivity contribution in [3.63, 3.8) is 0 Å². The van der Waals surface area contributed by atoms with E-state index in [1.807, 2.05) is 36.4 Å². The third-order valence-electron chi connectivity index (χ3n) is 2.73. The van der Waals surface area contributed by atoms with Crippen LogP contribution < -0.4 is 5.73 Å². The predicted octanol–water partition coefficient (Wildman–Crippen LogP) is 3.99. The number of nitrogens with two attached hydrogens (primary N) is 1. The Morgan fingerprint density at radius 2 is 1.68 bits per heavy atom. The van der Waals surface area contributed by atoms with Crippen molar-refractivity contribution in [2.24, 2.45) is 5.73 Å². The van der Waals surface area contributed by atoms with Gasteiger partial charge in [-0.25, -0.2) is 8.78 Å². The van der Waals surface area contributed by atoms with Crippen molar-refractivity contribution in [3.05, 3.63) is 65.7 Å². The van der Waals surface area contributed by atoms with Crippen LogP contribution in [-0.2, 0) is 0 Å². The van der Waals surface area contributed by atoms with Gasteiger partial charge in [0.15, 0.2) is 0 Å². The summed E-state index contributed by atoms with van der Waals surface area (Å²) in [7, 11) is 0. The molecule has 2 rings (SSSR count). The summed E-state index contributed by atoms with van der Waals surface area (Å²) in [6.07, 6.45) is 4.73. The molecule has 0 aliphatic heterocycles. The second-order valence-corrected chi connectivity index (χ2v) is 4.26. The SMILES string of the molecule is NCC/C=C/c1cccc(-c2cc(F)cc(F)c2)c1. The van der Waals surface area contributed by atoms with E-state index >= 15 is 0 Å². The van der Waals surface area contributed by atoms with Crippen LogP contribution in [0.25, 0.3) is 17.2 Å². The van der Waals surface area contributed by atoms with Crippen molar-refractivity contribution in [1.29, 1.82) is 0 Å². The summed E-state index contributed by atoms with van der Waals surface area (Å²) >= 11 is 0. The van der Waals surface area contributed by atoms with Gasteiger partial charge in [-0.1, -0.05) is 30.4 Å². The van der Waals surface area contributed by atoms with Crippen LogP contribution in [0.2, 0.25) is 0 Å². The van der Waals surface area contributed by atoms with E-state index in [9.17, 15) is 8.78 Å². The molecule has 2 N–H and O–H groups in total. The zero-order valence-corrected chi connectivity index (χ0v) is 10.4. The first-order valence-corrected chi connectivity index (χ1v) is 6.12. The van der Waals surface area contributed by atoms with Gasteiger partial charge in [0.05, 0.1) is 0 Å². The number of benzene rings is 2. The summed E-state index contributed by atoms with van der Waals surface area (Å²) in [6, 6.07) is 11.0. The predicted molar refractivity (Wildman–Crippen MR) is 74.5 cm³/mol. The van der Waals surface area contributed by atoms with Gasteiger partial charge in [-0.3, -0.25) is 0 Å². The Bertz CT molecular complexity index is 571. The number of hydrogen-bond acceptors (Lipinski definition) is 1. The first-order valence-electron chi connectivity index (χ1n) is 6.12. The molecule has 0 unspecified atom stereocenters. The summed E-state index contributed by atoms with van der Waals surface area (Å²) in [6.45, 7) is 0.602. The molecule has 98 valence electrons. The minimum atomic E-state index is -0.570. The zero-order valence-electron chi connectivity index (χ0n) is 10.4. The number of rotatable bonds is 4. The molecular formula is C16H15F2N. The van der Waals surface area contributed by atoms with Gasteiger partial charge in [0.25, 0.3) is 0 Å². The van der Waals surface area contributed by atoms with Gasteiger partial charge in [-0.05, 0) is 47.9 Å². The smallest absolute Gasteiger partial charge is 0.126 e. The lowest BCUT2D eigenvalue weighted by Crippen LogP contribution is -1.94. The largest absolute Gasteiger partial charge is 0.330 e. The van der Waals surface area contributed by atoms with Gasteiger partial charge in [0.2, 0.25) is 0 Å². The number of hydrogen-bond donors (Lipinski definition) is 1. The fourth-order valence-electron chi connectivity index (χ4n) is 1.86. The average Bonchev–Trinajstić information content (AvgIpc) is 2.38. The Morgan fingerprint density at radius 3 is 2.37 bits per heavy atom. The lowest BCUT2D eigenvalue weighted by Gasteiger charge is -2.04. The Labute approximate surface area is 111 Å². The molecule has 0 saturated heterocycles. The Hall–Kier alpha value is -2.00. The van der Waals surface area contributed by atoms with Gasteiger partial charge >= 0.3 is 0 Å². The minimum Gasteiger partial charge on any atom is -0.330 e. The maximum atomic E-state index is 13.2. The van der Waals surface area contributed by atoms with Gasteiger partial charge in [0, 0.05) is 6.07 Å². The molecule has 0 aromatic heterocycles. The quantitative estimate of drug-likeness (QED) is 0.882. The summed E-state index contributed by atoms with van der Waals surface area (Å²) < 4.78 is 26.4. The fraction of sp³-hybridized carbons (Fsp3) is 0.125. The highest BCUT2D eigenvalue weighted by Crippen LogP contribution is 2.23. The monoisotopic (exact) mass is 259 g/mol. The fourth-order valence-corrected chi connectivity index (χ4v) is 1.86. The lowest BCUT2D eigenvalue weighted by atomic mass is 10.0. The summed E-state index contributed by atoms with van der Waals surface area (Å²) in [5.74, 6) is -1.14. The molecule has 1 nitrogen and oxygen atoms in total. The molecule has 0 bridgehead atoms. The third kappa shape index (κ3) is 3.73. The van der Waals surface area contributed by atoms with Crippen molar-refractivity contribution in [3.8, 4) is 11.1 Å². The Morgan fingerprint density at radius 1 is 0.947 bits per heavy atom. The van der Waals surface area contributed by atoms with E-state index in [1.165, 1.54) is 12.1 Å². The van der Waals surface area contributed by atoms with Crippen molar-refractivity contribution in [2.45, 2.75) is 6.42 Å². The van der Waals surface area contributed by atoms with Gasteiger partial charge in [-0.2, -0.15) is 0 Å². The molecule has 0 amide bonds. The molecule has 3 heteroatoms. The van der Waals surface area contributed by atoms with Crippen LogP contribution in [0.4, 0.5) is 8.78 Å². The van der Waals surface area contributed by atoms with Crippen molar-refractivity contribution < 1.29 is 8.78 Å². The second-order valence-electron chi connectivity index (χ2n) is 4.26. The van der Waals surface area contributed by atoms with Gasteiger partial charge in [0.1, 0.15) is 11.6 Å². The topological polar surface area (TPSA) is 26.0 Å². The maximum Gasteiger partial charge on any atom is 0.126 e. The van der Waals surface area contributed by atoms with Crippen LogP contribution in [0.3, 0.4) is 0 Å². The third-order valence-corrected chi connectivity index (χ3v) is 2.73. The van der Waals surface area contributed by atoms with E-state index in [-0.39, 0.29) is 0 Å². The molecule has 0 radical (unpaired) electrons. The molecule has 2 aromatic rings. The van der Waals surface area contributed by atoms with Gasteiger partial charge in [-0.15, -0.1) is 0 Å². The normalized spacial score (nSPS) is 11.1. The molecular weight excluding hydrogens is 244 g/mol. The van der Waals surface area contributed by atoms with Crippen LogP contribution in [0.15, 0.2) is 48.5 Å². The Balaban J connectivity index is 2.32. The molecule has 0 atom stereocenters. The highest BCUT2D eigenvalue weighted by atomic mass is 19.1. The van der Waals surface area contributed by atoms with Crippen LogP contribution in [-0.4, -0.2) is 6.54 Å². The average molecular weight is 259 g/mol. The molecule has 0 spiro atoms. The van der Waals surface area contributed by atoms with Crippen LogP contribution >= 0.6 is 0 Å². The molecule has 0 heterocycles. The van der Waals surface area contributed by atoms with Crippen molar-refractivity contribution in [1.82, 2.24) is 0 Å². The first-order chi connectivity index (χ1) is 9.19. The molecule has 2 aromatic carbocycles. The van der Waals surface area contributed by atoms with Crippen LogP contribution in [0.5, 0.6) is 0 Å². The lowest BCUT2D eigenvalue weighted by molar-refractivity contribution is 0.584. The van der Waals surface area contributed by atoms with Crippen LogP contribution in [0, 0.1) is 11.6 Å². The standard InChI is InChI=1S/C16H15F2N/c17-15-9-14(10-16(18)11-15)13-6-3-5-12(8-13)4-1-2-7-19/h1,3-6,8-11H,2,7,19H2/b4-1+. The zero-order chi connectivity index (χ0) is 13.7. The van der Waals surface area contributed by atoms with Crippen molar-refractivity contribution >= 4 is 6.08 Å². The van der Waals surface area contributed by atoms with Crippen LogP contribution in [0.1, 0.15) is 12.0 Å². The molecule has 0 saturated carbocycles. The van der Waals surface area contributed by atoms with Gasteiger partial charge < -0.3 is 5.73 Å². The molecule has 0 fully saturated rings. The highest BCUT2D eigenvalue weighted by Gasteiger charge is 2.03. The maximum absolute atomic E-state index is 13.2. The Kier molecular flexibility index (Phi) is 4.42. The van der Waals surface area contributed by atoms with E-state index in [1.54, 1.807) is 0 Å². The molecule has 19 heavy (non-hydrogen) atoms. The van der Waals surface area contributed by atoms with E-state index in [0.717, 1.165) is 23.6 Å². The molecule has 0 aliphatic rings. The summed E-state index contributed by atoms with van der Waals surface area (Å²) in [5, 5.41) is 0. The summed E-state index contributed by atoms with van der Waals surface area (Å²) in [5.41, 5.74) is 7.71. The second kappa shape index (κ2) is 6.25. The van der Waals surface area contributed by atoms with Crippen molar-refractivity contribution in [2.75, 3.05) is 6.54 Å². The number of halogens is 2. The van der Waals surface area contributed by atoms with E-state index in [2.05, 4.69) is 0 Å². The highest BCUT2D eigenvalue weighted by molar-refractivity contribution is 5.67. The molecule has 0 aliphatic carbocycles. The summed E-state index contributed by atoms with van der Waals surface area (Å²) in [4.78, 5) is 0. The van der Waals surface area contributed by atoms with E-state index < -0.39 is 11.6 Å². The first kappa shape index (κ1) is 13.4. The van der Waals surface area contributed by atoms with E-state index in [4.69, 9.17) is 5.73 Å². The minimum absolute atomic E-state index is 0.534.